The fraction of sp³-hybridized carbons (Fsp3) is 0.300. The smallest absolute Gasteiger partial charge is 0.253 e. The Hall–Kier alpha value is -0.140. The molecular weight excluding hydrogens is 373 g/mol. The van der Waals surface area contributed by atoms with Gasteiger partial charge < -0.3 is 10.1 Å². The number of nitrogens with one attached hydrogen (secondary N) is 1. The molecule has 0 aliphatic heterocycles. The highest BCUT2D eigenvalue weighted by Crippen LogP contribution is 2.22. The molecule has 0 spiro atoms. The summed E-state index contributed by atoms with van der Waals surface area (Å²) in [4.78, 5) is 11.5. The molecule has 0 saturated heterocycles. The molecule has 15 heavy (non-hydrogen) atoms. The minimum absolute atomic E-state index is 0.143. The number of carbonyl (C=O) groups excluding carboxylic acids is 1. The maximum atomic E-state index is 11.5. The van der Waals surface area contributed by atoms with Gasteiger partial charge in [0.25, 0.3) is 5.91 Å². The third-order valence-corrected chi connectivity index (χ3v) is 4.24. The number of carbonyl (C=O) groups is 1. The summed E-state index contributed by atoms with van der Waals surface area (Å²) in [5.74, 6) is -0.143. The number of methoxy groups -OCH3 is 1. The first-order valence-electron chi connectivity index (χ1n) is 4.33. The van der Waals surface area contributed by atoms with Gasteiger partial charge in [-0.3, -0.25) is 4.79 Å². The van der Waals surface area contributed by atoms with Crippen molar-refractivity contribution < 1.29 is 9.53 Å². The van der Waals surface area contributed by atoms with Gasteiger partial charge >= 0.3 is 0 Å². The molecule has 0 heterocycles. The molecule has 0 bridgehead atoms. The number of hydrogen-bond donors (Lipinski definition) is 1. The number of ether oxygens (including phenoxy) is 1. The summed E-state index contributed by atoms with van der Waals surface area (Å²) in [5, 5.41) is 2.77. The van der Waals surface area contributed by atoms with E-state index in [-0.39, 0.29) is 5.91 Å². The van der Waals surface area contributed by atoms with Crippen LogP contribution in [0, 0.1) is 3.57 Å². The van der Waals surface area contributed by atoms with Crippen molar-refractivity contribution >= 4 is 50.1 Å². The van der Waals surface area contributed by atoms with E-state index in [4.69, 9.17) is 4.74 Å². The zero-order valence-corrected chi connectivity index (χ0v) is 12.1. The molecule has 5 heteroatoms. The standard InChI is InChI=1S/C10H11BrINO2/c1-6(15-2)10(14)13-7-3-4-8(11)9(12)5-7/h3-6H,1-2H3,(H,13,14). The van der Waals surface area contributed by atoms with Gasteiger partial charge in [0.05, 0.1) is 0 Å². The predicted molar refractivity (Wildman–Crippen MR) is 72.0 cm³/mol. The number of benzene rings is 1. The fourth-order valence-corrected chi connectivity index (χ4v) is 1.69. The van der Waals surface area contributed by atoms with Crippen LogP contribution in [-0.2, 0) is 9.53 Å². The first-order chi connectivity index (χ1) is 7.04. The van der Waals surface area contributed by atoms with E-state index < -0.39 is 6.10 Å². The summed E-state index contributed by atoms with van der Waals surface area (Å²) in [6, 6.07) is 5.63. The minimum Gasteiger partial charge on any atom is -0.372 e. The van der Waals surface area contributed by atoms with Crippen LogP contribution in [-0.4, -0.2) is 19.1 Å². The van der Waals surface area contributed by atoms with Crippen molar-refractivity contribution in [2.24, 2.45) is 0 Å². The van der Waals surface area contributed by atoms with Crippen molar-refractivity contribution in [3.63, 3.8) is 0 Å². The molecule has 1 atom stereocenters. The number of halogens is 2. The Balaban J connectivity index is 2.73. The summed E-state index contributed by atoms with van der Waals surface area (Å²) in [6.07, 6.45) is -0.439. The third kappa shape index (κ3) is 3.73. The first-order valence-corrected chi connectivity index (χ1v) is 6.20. The van der Waals surface area contributed by atoms with Crippen LogP contribution in [0.5, 0.6) is 0 Å². The monoisotopic (exact) mass is 383 g/mol. The van der Waals surface area contributed by atoms with E-state index in [1.807, 2.05) is 18.2 Å². The van der Waals surface area contributed by atoms with Crippen molar-refractivity contribution in [1.82, 2.24) is 0 Å². The van der Waals surface area contributed by atoms with Crippen LogP contribution >= 0.6 is 38.5 Å². The Kier molecular flexibility index (Phi) is 5.01. The lowest BCUT2D eigenvalue weighted by Crippen LogP contribution is -2.26. The van der Waals surface area contributed by atoms with Gasteiger partial charge in [-0.1, -0.05) is 0 Å². The van der Waals surface area contributed by atoms with E-state index in [0.29, 0.717) is 0 Å². The van der Waals surface area contributed by atoms with Crippen molar-refractivity contribution in [3.8, 4) is 0 Å². The largest absolute Gasteiger partial charge is 0.372 e. The summed E-state index contributed by atoms with van der Waals surface area (Å²) in [5.41, 5.74) is 0.775. The second-order valence-electron chi connectivity index (χ2n) is 3.00. The van der Waals surface area contributed by atoms with Crippen LogP contribution in [0.15, 0.2) is 22.7 Å². The molecule has 0 aromatic heterocycles. The van der Waals surface area contributed by atoms with Gasteiger partial charge in [0.2, 0.25) is 0 Å². The summed E-state index contributed by atoms with van der Waals surface area (Å²) in [6.45, 7) is 1.71. The molecule has 1 aromatic carbocycles. The van der Waals surface area contributed by atoms with Crippen LogP contribution in [0.25, 0.3) is 0 Å². The molecule has 0 fully saturated rings. The Morgan fingerprint density at radius 1 is 1.60 bits per heavy atom. The van der Waals surface area contributed by atoms with E-state index in [0.717, 1.165) is 13.7 Å². The molecule has 0 aliphatic rings. The summed E-state index contributed by atoms with van der Waals surface area (Å²) in [7, 11) is 1.51. The molecule has 0 radical (unpaired) electrons. The summed E-state index contributed by atoms with van der Waals surface area (Å²) >= 11 is 5.59. The van der Waals surface area contributed by atoms with Gasteiger partial charge in [-0.25, -0.2) is 0 Å². The zero-order chi connectivity index (χ0) is 11.4. The molecule has 1 unspecified atom stereocenters. The summed E-state index contributed by atoms with van der Waals surface area (Å²) < 4.78 is 6.98. The zero-order valence-electron chi connectivity index (χ0n) is 8.38. The third-order valence-electron chi connectivity index (χ3n) is 1.91. The van der Waals surface area contributed by atoms with E-state index in [9.17, 15) is 4.79 Å². The number of rotatable bonds is 3. The van der Waals surface area contributed by atoms with Gasteiger partial charge in [-0.15, -0.1) is 0 Å². The van der Waals surface area contributed by atoms with Crippen LogP contribution in [0.1, 0.15) is 6.92 Å². The fourth-order valence-electron chi connectivity index (χ4n) is 0.925. The van der Waals surface area contributed by atoms with Gasteiger partial charge in [0.15, 0.2) is 0 Å². The molecule has 1 rings (SSSR count). The van der Waals surface area contributed by atoms with Crippen molar-refractivity contribution in [2.45, 2.75) is 13.0 Å². The molecule has 1 N–H and O–H groups in total. The normalized spacial score (nSPS) is 12.3. The lowest BCUT2D eigenvalue weighted by atomic mass is 10.3. The highest BCUT2D eigenvalue weighted by molar-refractivity contribution is 14.1. The van der Waals surface area contributed by atoms with Crippen molar-refractivity contribution in [3.05, 3.63) is 26.2 Å². The van der Waals surface area contributed by atoms with Crippen molar-refractivity contribution in [2.75, 3.05) is 12.4 Å². The van der Waals surface area contributed by atoms with Crippen LogP contribution in [0.4, 0.5) is 5.69 Å². The van der Waals surface area contributed by atoms with E-state index >= 15 is 0 Å². The van der Waals surface area contributed by atoms with Crippen LogP contribution < -0.4 is 5.32 Å². The number of hydrogen-bond acceptors (Lipinski definition) is 2. The Morgan fingerprint density at radius 2 is 2.27 bits per heavy atom. The molecular formula is C10H11BrINO2. The topological polar surface area (TPSA) is 38.3 Å². The van der Waals surface area contributed by atoms with Gasteiger partial charge in [-0.2, -0.15) is 0 Å². The predicted octanol–water partition coefficient (Wildman–Crippen LogP) is 3.03. The second kappa shape index (κ2) is 5.81. The number of amides is 1. The van der Waals surface area contributed by atoms with Crippen molar-refractivity contribution in [1.29, 1.82) is 0 Å². The maximum Gasteiger partial charge on any atom is 0.253 e. The van der Waals surface area contributed by atoms with E-state index in [1.54, 1.807) is 6.92 Å². The molecule has 0 aliphatic carbocycles. The number of anilines is 1. The SMILES string of the molecule is COC(C)C(=O)Nc1ccc(Br)c(I)c1. The molecule has 82 valence electrons. The average molecular weight is 384 g/mol. The Bertz CT molecular complexity index is 370. The second-order valence-corrected chi connectivity index (χ2v) is 5.01. The van der Waals surface area contributed by atoms with Gasteiger partial charge in [0.1, 0.15) is 6.10 Å². The van der Waals surface area contributed by atoms with Crippen LogP contribution in [0.3, 0.4) is 0 Å². The Labute approximate surface area is 111 Å². The van der Waals surface area contributed by atoms with E-state index in [1.165, 1.54) is 7.11 Å². The highest BCUT2D eigenvalue weighted by Gasteiger charge is 2.11. The lowest BCUT2D eigenvalue weighted by molar-refractivity contribution is -0.124. The highest BCUT2D eigenvalue weighted by atomic mass is 127. The van der Waals surface area contributed by atoms with Gasteiger partial charge in [0, 0.05) is 20.8 Å². The molecule has 1 aromatic rings. The maximum absolute atomic E-state index is 11.5. The molecule has 0 saturated carbocycles. The van der Waals surface area contributed by atoms with Gasteiger partial charge in [-0.05, 0) is 63.6 Å². The quantitative estimate of drug-likeness (QED) is 0.815. The first kappa shape index (κ1) is 12.9. The van der Waals surface area contributed by atoms with E-state index in [2.05, 4.69) is 43.8 Å². The average Bonchev–Trinajstić information content (AvgIpc) is 2.22. The van der Waals surface area contributed by atoms with Crippen LogP contribution in [0.2, 0.25) is 0 Å². The Morgan fingerprint density at radius 3 is 2.80 bits per heavy atom. The molecule has 3 nitrogen and oxygen atoms in total. The molecule has 1 amide bonds. The minimum atomic E-state index is -0.439. The lowest BCUT2D eigenvalue weighted by Gasteiger charge is -2.10.